The van der Waals surface area contributed by atoms with Crippen LogP contribution < -0.4 is 9.64 Å². The number of carbonyl (C=O) groups is 1. The SMILES string of the molecule is O=C(O)N1CCN(c2cccc(Br)c2OCC(O)c2ccc(Cl)cc2F)CC1. The maximum absolute atomic E-state index is 14.0. The first-order valence-corrected chi connectivity index (χ1v) is 9.81. The molecule has 0 spiro atoms. The minimum Gasteiger partial charge on any atom is -0.487 e. The number of anilines is 1. The Balaban J connectivity index is 1.73. The van der Waals surface area contributed by atoms with Crippen LogP contribution in [-0.4, -0.2) is 54.0 Å². The minimum atomic E-state index is -1.17. The van der Waals surface area contributed by atoms with E-state index in [4.69, 9.17) is 21.4 Å². The van der Waals surface area contributed by atoms with Crippen molar-refractivity contribution in [2.24, 2.45) is 0 Å². The van der Waals surface area contributed by atoms with E-state index in [0.717, 1.165) is 11.8 Å². The third kappa shape index (κ3) is 4.68. The average Bonchev–Trinajstić information content (AvgIpc) is 2.66. The summed E-state index contributed by atoms with van der Waals surface area (Å²) < 4.78 is 20.5. The van der Waals surface area contributed by atoms with Crippen LogP contribution in [0.3, 0.4) is 0 Å². The lowest BCUT2D eigenvalue weighted by Gasteiger charge is -2.35. The molecule has 150 valence electrons. The van der Waals surface area contributed by atoms with Gasteiger partial charge in [-0.15, -0.1) is 0 Å². The molecule has 0 aliphatic carbocycles. The third-order valence-electron chi connectivity index (χ3n) is 4.54. The Labute approximate surface area is 175 Å². The molecule has 1 fully saturated rings. The fourth-order valence-electron chi connectivity index (χ4n) is 3.05. The predicted octanol–water partition coefficient (Wildman–Crippen LogP) is 4.15. The summed E-state index contributed by atoms with van der Waals surface area (Å²) in [5, 5.41) is 19.7. The van der Waals surface area contributed by atoms with E-state index >= 15 is 0 Å². The van der Waals surface area contributed by atoms with Crippen molar-refractivity contribution < 1.29 is 24.1 Å². The number of amides is 1. The summed E-state index contributed by atoms with van der Waals surface area (Å²) in [4.78, 5) is 14.5. The number of carboxylic acid groups (broad SMARTS) is 1. The Kier molecular flexibility index (Phi) is 6.64. The number of halogens is 3. The van der Waals surface area contributed by atoms with Crippen molar-refractivity contribution in [3.63, 3.8) is 0 Å². The molecule has 0 bridgehead atoms. The van der Waals surface area contributed by atoms with Gasteiger partial charge >= 0.3 is 6.09 Å². The summed E-state index contributed by atoms with van der Waals surface area (Å²) in [6, 6.07) is 9.61. The van der Waals surface area contributed by atoms with Gasteiger partial charge in [0.25, 0.3) is 0 Å². The molecule has 0 radical (unpaired) electrons. The molecule has 2 N–H and O–H groups in total. The lowest BCUT2D eigenvalue weighted by Crippen LogP contribution is -2.48. The van der Waals surface area contributed by atoms with E-state index in [1.165, 1.54) is 17.0 Å². The Morgan fingerprint density at radius 1 is 1.25 bits per heavy atom. The maximum atomic E-state index is 14.0. The van der Waals surface area contributed by atoms with Gasteiger partial charge in [-0.3, -0.25) is 0 Å². The first-order valence-electron chi connectivity index (χ1n) is 8.64. The molecular weight excluding hydrogens is 455 g/mol. The molecule has 2 aromatic carbocycles. The van der Waals surface area contributed by atoms with Crippen LogP contribution in [0.4, 0.5) is 14.9 Å². The zero-order chi connectivity index (χ0) is 20.3. The summed E-state index contributed by atoms with van der Waals surface area (Å²) in [5.74, 6) is -0.0829. The van der Waals surface area contributed by atoms with Crippen LogP contribution in [0, 0.1) is 5.82 Å². The fraction of sp³-hybridized carbons (Fsp3) is 0.316. The second-order valence-corrected chi connectivity index (χ2v) is 7.63. The molecular formula is C19H19BrClFN2O4. The summed E-state index contributed by atoms with van der Waals surface area (Å²) in [7, 11) is 0. The summed E-state index contributed by atoms with van der Waals surface area (Å²) in [6.07, 6.45) is -2.10. The topological polar surface area (TPSA) is 73.2 Å². The lowest BCUT2D eigenvalue weighted by atomic mass is 10.1. The predicted molar refractivity (Wildman–Crippen MR) is 108 cm³/mol. The van der Waals surface area contributed by atoms with Gasteiger partial charge < -0.3 is 24.7 Å². The van der Waals surface area contributed by atoms with Gasteiger partial charge in [-0.2, -0.15) is 0 Å². The quantitative estimate of drug-likeness (QED) is 0.682. The maximum Gasteiger partial charge on any atom is 0.407 e. The average molecular weight is 474 g/mol. The van der Waals surface area contributed by atoms with Crippen molar-refractivity contribution in [3.8, 4) is 5.75 Å². The molecule has 28 heavy (non-hydrogen) atoms. The molecule has 0 aromatic heterocycles. The van der Waals surface area contributed by atoms with Crippen molar-refractivity contribution in [2.45, 2.75) is 6.10 Å². The van der Waals surface area contributed by atoms with Crippen LogP contribution in [-0.2, 0) is 0 Å². The molecule has 1 aliphatic heterocycles. The van der Waals surface area contributed by atoms with Crippen LogP contribution >= 0.6 is 27.5 Å². The molecule has 1 heterocycles. The number of hydrogen-bond acceptors (Lipinski definition) is 4. The highest BCUT2D eigenvalue weighted by molar-refractivity contribution is 9.10. The second kappa shape index (κ2) is 8.98. The van der Waals surface area contributed by atoms with Gasteiger partial charge in [0.1, 0.15) is 18.5 Å². The van der Waals surface area contributed by atoms with Crippen molar-refractivity contribution in [2.75, 3.05) is 37.7 Å². The highest BCUT2D eigenvalue weighted by Crippen LogP contribution is 2.37. The smallest absolute Gasteiger partial charge is 0.407 e. The van der Waals surface area contributed by atoms with Gasteiger partial charge in [-0.05, 0) is 40.2 Å². The zero-order valence-electron chi connectivity index (χ0n) is 14.8. The molecule has 0 saturated carbocycles. The van der Waals surface area contributed by atoms with Gasteiger partial charge in [0.05, 0.1) is 10.2 Å². The molecule has 3 rings (SSSR count). The summed E-state index contributed by atoms with van der Waals surface area (Å²) in [5.41, 5.74) is 0.885. The van der Waals surface area contributed by atoms with E-state index in [-0.39, 0.29) is 17.2 Å². The molecule has 1 aliphatic rings. The Morgan fingerprint density at radius 3 is 2.61 bits per heavy atom. The number of aliphatic hydroxyl groups excluding tert-OH is 1. The number of benzene rings is 2. The van der Waals surface area contributed by atoms with Crippen LogP contribution in [0.25, 0.3) is 0 Å². The van der Waals surface area contributed by atoms with Gasteiger partial charge in [0, 0.05) is 36.8 Å². The zero-order valence-corrected chi connectivity index (χ0v) is 17.2. The van der Waals surface area contributed by atoms with Gasteiger partial charge in [0.2, 0.25) is 0 Å². The number of rotatable bonds is 5. The molecule has 6 nitrogen and oxygen atoms in total. The second-order valence-electron chi connectivity index (χ2n) is 6.34. The molecule has 1 saturated heterocycles. The third-order valence-corrected chi connectivity index (χ3v) is 5.40. The molecule has 2 aromatic rings. The first kappa shape index (κ1) is 20.7. The largest absolute Gasteiger partial charge is 0.487 e. The number of hydrogen-bond donors (Lipinski definition) is 2. The normalized spacial score (nSPS) is 15.4. The van der Waals surface area contributed by atoms with E-state index in [0.29, 0.717) is 36.4 Å². The van der Waals surface area contributed by atoms with Crippen LogP contribution in [0.15, 0.2) is 40.9 Å². The number of para-hydroxylation sites is 1. The van der Waals surface area contributed by atoms with Crippen molar-refractivity contribution >= 4 is 39.3 Å². The standard InChI is InChI=1S/C19H19BrClFN2O4/c20-14-2-1-3-16(23-6-8-24(9-7-23)19(26)27)18(14)28-11-17(25)13-5-4-12(21)10-15(13)22/h1-5,10,17,25H,6-9,11H2,(H,26,27). The van der Waals surface area contributed by atoms with E-state index in [1.54, 1.807) is 0 Å². The highest BCUT2D eigenvalue weighted by atomic mass is 79.9. The molecule has 9 heteroatoms. The molecule has 1 amide bonds. The van der Waals surface area contributed by atoms with Crippen molar-refractivity contribution in [1.82, 2.24) is 4.90 Å². The van der Waals surface area contributed by atoms with Crippen LogP contribution in [0.1, 0.15) is 11.7 Å². The first-order chi connectivity index (χ1) is 13.4. The Bertz CT molecular complexity index is 862. The van der Waals surface area contributed by atoms with E-state index < -0.39 is 18.0 Å². The highest BCUT2D eigenvalue weighted by Gasteiger charge is 2.24. The van der Waals surface area contributed by atoms with Crippen molar-refractivity contribution in [3.05, 3.63) is 57.3 Å². The number of piperazine rings is 1. The van der Waals surface area contributed by atoms with E-state index in [9.17, 15) is 14.3 Å². The van der Waals surface area contributed by atoms with Crippen LogP contribution in [0.2, 0.25) is 5.02 Å². The van der Waals surface area contributed by atoms with Crippen molar-refractivity contribution in [1.29, 1.82) is 0 Å². The number of ether oxygens (including phenoxy) is 1. The fourth-order valence-corrected chi connectivity index (χ4v) is 3.68. The monoisotopic (exact) mass is 472 g/mol. The van der Waals surface area contributed by atoms with E-state index in [2.05, 4.69) is 15.9 Å². The summed E-state index contributed by atoms with van der Waals surface area (Å²) in [6.45, 7) is 1.67. The number of nitrogens with zero attached hydrogens (tertiary/aromatic N) is 2. The van der Waals surface area contributed by atoms with Gasteiger partial charge in [-0.1, -0.05) is 23.7 Å². The van der Waals surface area contributed by atoms with Gasteiger partial charge in [0.15, 0.2) is 5.75 Å². The van der Waals surface area contributed by atoms with Crippen LogP contribution in [0.5, 0.6) is 5.75 Å². The summed E-state index contributed by atoms with van der Waals surface area (Å²) >= 11 is 9.20. The lowest BCUT2D eigenvalue weighted by molar-refractivity contribution is 0.104. The number of aliphatic hydroxyl groups is 1. The Hall–Kier alpha value is -2.03. The van der Waals surface area contributed by atoms with E-state index in [1.807, 2.05) is 23.1 Å². The molecule has 1 unspecified atom stereocenters. The van der Waals surface area contributed by atoms with Gasteiger partial charge in [-0.25, -0.2) is 9.18 Å². The minimum absolute atomic E-state index is 0.105. The Morgan fingerprint density at radius 2 is 1.96 bits per heavy atom. The molecule has 1 atom stereocenters.